The molecular weight excluding hydrogens is 367 g/mol. The van der Waals surface area contributed by atoms with Crippen LogP contribution in [0.2, 0.25) is 0 Å². The maximum atomic E-state index is 12.9. The van der Waals surface area contributed by atoms with Gasteiger partial charge in [-0.25, -0.2) is 4.39 Å². The average Bonchev–Trinajstić information content (AvgIpc) is 3.30. The third kappa shape index (κ3) is 3.70. The van der Waals surface area contributed by atoms with Crippen LogP contribution in [0.4, 0.5) is 10.1 Å². The Morgan fingerprint density at radius 1 is 1.19 bits per heavy atom. The third-order valence-electron chi connectivity index (χ3n) is 3.98. The number of H-pyrrole nitrogens is 1. The summed E-state index contributed by atoms with van der Waals surface area (Å²) in [5.74, 6) is -0.203. The van der Waals surface area contributed by atoms with E-state index in [4.69, 9.17) is 4.42 Å². The number of nitrogens with one attached hydrogen (secondary N) is 2. The van der Waals surface area contributed by atoms with Gasteiger partial charge >= 0.3 is 0 Å². The molecule has 0 radical (unpaired) electrons. The molecule has 0 fully saturated rings. The van der Waals surface area contributed by atoms with Crippen LogP contribution in [0.3, 0.4) is 0 Å². The summed E-state index contributed by atoms with van der Waals surface area (Å²) in [4.78, 5) is 15.5. The lowest BCUT2D eigenvalue weighted by Crippen LogP contribution is -2.22. The number of hydrogen-bond acceptors (Lipinski definition) is 5. The predicted molar refractivity (Wildman–Crippen MR) is 102 cm³/mol. The van der Waals surface area contributed by atoms with Gasteiger partial charge in [-0.05, 0) is 37.3 Å². The van der Waals surface area contributed by atoms with E-state index in [0.717, 1.165) is 28.2 Å². The van der Waals surface area contributed by atoms with Crippen molar-refractivity contribution in [3.05, 3.63) is 60.5 Å². The first-order valence-corrected chi connectivity index (χ1v) is 9.11. The summed E-state index contributed by atoms with van der Waals surface area (Å²) in [6.07, 6.45) is 1.82. The monoisotopic (exact) mass is 382 g/mol. The van der Waals surface area contributed by atoms with E-state index in [-0.39, 0.29) is 11.7 Å². The van der Waals surface area contributed by atoms with Crippen molar-refractivity contribution in [2.24, 2.45) is 0 Å². The van der Waals surface area contributed by atoms with Gasteiger partial charge in [0.1, 0.15) is 5.82 Å². The topological polar surface area (TPSA) is 83.8 Å². The van der Waals surface area contributed by atoms with E-state index in [9.17, 15) is 9.18 Å². The molecule has 0 aliphatic rings. The van der Waals surface area contributed by atoms with Crippen molar-refractivity contribution in [3.8, 4) is 11.5 Å². The average molecular weight is 382 g/mol. The summed E-state index contributed by atoms with van der Waals surface area (Å²) in [6.45, 7) is 1.74. The highest BCUT2D eigenvalue weighted by Crippen LogP contribution is 2.30. The van der Waals surface area contributed by atoms with Gasteiger partial charge < -0.3 is 14.7 Å². The van der Waals surface area contributed by atoms with Crippen LogP contribution in [0.25, 0.3) is 22.4 Å². The van der Waals surface area contributed by atoms with Gasteiger partial charge in [-0.1, -0.05) is 30.0 Å². The normalized spacial score (nSPS) is 12.2. The predicted octanol–water partition coefficient (Wildman–Crippen LogP) is 4.48. The fraction of sp³-hybridized carbons (Fsp3) is 0.105. The number of halogens is 1. The molecule has 136 valence electrons. The van der Waals surface area contributed by atoms with Crippen LogP contribution in [0.15, 0.2) is 64.4 Å². The van der Waals surface area contributed by atoms with Crippen molar-refractivity contribution < 1.29 is 13.6 Å². The second-order valence-corrected chi connectivity index (χ2v) is 7.17. The van der Waals surface area contributed by atoms with Crippen molar-refractivity contribution in [2.75, 3.05) is 5.32 Å². The molecule has 2 aromatic carbocycles. The Morgan fingerprint density at radius 3 is 2.78 bits per heavy atom. The van der Waals surface area contributed by atoms with Crippen LogP contribution in [-0.2, 0) is 4.79 Å². The van der Waals surface area contributed by atoms with E-state index in [1.54, 1.807) is 6.92 Å². The molecule has 1 atom stereocenters. The van der Waals surface area contributed by atoms with Crippen molar-refractivity contribution in [3.63, 3.8) is 0 Å². The van der Waals surface area contributed by atoms with Gasteiger partial charge in [-0.3, -0.25) is 4.79 Å². The summed E-state index contributed by atoms with van der Waals surface area (Å²) >= 11 is 1.16. The lowest BCUT2D eigenvalue weighted by molar-refractivity contribution is -0.115. The molecule has 0 saturated carbocycles. The molecular formula is C19H15FN4O2S. The first kappa shape index (κ1) is 17.3. The Hall–Kier alpha value is -3.13. The van der Waals surface area contributed by atoms with Crippen LogP contribution < -0.4 is 5.32 Å². The number of aromatic nitrogens is 3. The van der Waals surface area contributed by atoms with Crippen molar-refractivity contribution in [1.29, 1.82) is 0 Å². The number of benzene rings is 2. The largest absolute Gasteiger partial charge is 0.411 e. The number of aromatic amines is 1. The van der Waals surface area contributed by atoms with E-state index >= 15 is 0 Å². The molecule has 2 N–H and O–H groups in total. The van der Waals surface area contributed by atoms with Gasteiger partial charge in [0.2, 0.25) is 5.91 Å². The summed E-state index contributed by atoms with van der Waals surface area (Å²) in [7, 11) is 0. The van der Waals surface area contributed by atoms with E-state index in [1.165, 1.54) is 24.3 Å². The number of amides is 1. The fourth-order valence-corrected chi connectivity index (χ4v) is 3.28. The molecule has 1 amide bonds. The number of fused-ring (bicyclic) bond motifs is 1. The van der Waals surface area contributed by atoms with Gasteiger partial charge in [-0.15, -0.1) is 10.2 Å². The van der Waals surface area contributed by atoms with Gasteiger partial charge in [0.15, 0.2) is 0 Å². The third-order valence-corrected chi connectivity index (χ3v) is 4.92. The Bertz CT molecular complexity index is 1090. The number of anilines is 1. The maximum absolute atomic E-state index is 12.9. The highest BCUT2D eigenvalue weighted by Gasteiger charge is 2.20. The van der Waals surface area contributed by atoms with Gasteiger partial charge in [0.25, 0.3) is 11.1 Å². The quantitative estimate of drug-likeness (QED) is 0.497. The minimum absolute atomic E-state index is 0.238. The second-order valence-electron chi connectivity index (χ2n) is 5.88. The Balaban J connectivity index is 1.45. The lowest BCUT2D eigenvalue weighted by Gasteiger charge is -2.09. The summed E-state index contributed by atoms with van der Waals surface area (Å²) < 4.78 is 18.7. The Kier molecular flexibility index (Phi) is 4.64. The van der Waals surface area contributed by atoms with Crippen molar-refractivity contribution >= 4 is 34.3 Å². The van der Waals surface area contributed by atoms with Gasteiger partial charge in [0.05, 0.1) is 10.8 Å². The number of thioether (sulfide) groups is 1. The van der Waals surface area contributed by atoms with Crippen LogP contribution in [0, 0.1) is 5.82 Å². The van der Waals surface area contributed by atoms with Crippen LogP contribution in [0.5, 0.6) is 0 Å². The molecule has 0 aliphatic heterocycles. The zero-order valence-electron chi connectivity index (χ0n) is 14.3. The molecule has 0 unspecified atom stereocenters. The van der Waals surface area contributed by atoms with Crippen molar-refractivity contribution in [1.82, 2.24) is 15.2 Å². The summed E-state index contributed by atoms with van der Waals surface area (Å²) in [5, 5.41) is 11.7. The first-order chi connectivity index (χ1) is 13.1. The van der Waals surface area contributed by atoms with E-state index in [1.807, 2.05) is 30.5 Å². The smallest absolute Gasteiger partial charge is 0.277 e. The zero-order valence-corrected chi connectivity index (χ0v) is 15.1. The number of rotatable bonds is 5. The van der Waals surface area contributed by atoms with E-state index in [0.29, 0.717) is 16.8 Å². The number of nitrogens with zero attached hydrogens (tertiary/aromatic N) is 2. The minimum atomic E-state index is -0.466. The SMILES string of the molecule is C[C@@H](Sc1nnc(-c2c[nH]c3ccccc23)o1)C(=O)Nc1ccc(F)cc1. The van der Waals surface area contributed by atoms with Crippen molar-refractivity contribution in [2.45, 2.75) is 17.4 Å². The zero-order chi connectivity index (χ0) is 18.8. The molecule has 4 rings (SSSR count). The standard InChI is InChI=1S/C19H15FN4O2S/c1-11(17(25)22-13-8-6-12(20)7-9-13)27-19-24-23-18(26-19)15-10-21-16-5-3-2-4-14(15)16/h2-11,21H,1H3,(H,22,25)/t11-/m1/s1. The molecule has 27 heavy (non-hydrogen) atoms. The maximum Gasteiger partial charge on any atom is 0.277 e. The molecule has 2 aromatic heterocycles. The Labute approximate surface area is 158 Å². The van der Waals surface area contributed by atoms with Gasteiger partial charge in [-0.2, -0.15) is 0 Å². The highest BCUT2D eigenvalue weighted by atomic mass is 32.2. The summed E-state index contributed by atoms with van der Waals surface area (Å²) in [5.41, 5.74) is 2.32. The molecule has 0 spiro atoms. The molecule has 2 heterocycles. The van der Waals surface area contributed by atoms with Crippen LogP contribution in [-0.4, -0.2) is 26.3 Å². The number of carbonyl (C=O) groups excluding carboxylic acids is 1. The van der Waals surface area contributed by atoms with Gasteiger partial charge in [0, 0.05) is 22.8 Å². The second kappa shape index (κ2) is 7.24. The molecule has 8 heteroatoms. The first-order valence-electron chi connectivity index (χ1n) is 8.23. The molecule has 4 aromatic rings. The number of carbonyl (C=O) groups is 1. The lowest BCUT2D eigenvalue weighted by atomic mass is 10.2. The molecule has 0 saturated heterocycles. The molecule has 0 bridgehead atoms. The van der Waals surface area contributed by atoms with E-state index < -0.39 is 5.25 Å². The molecule has 6 nitrogen and oxygen atoms in total. The number of para-hydroxylation sites is 1. The van der Waals surface area contributed by atoms with E-state index in [2.05, 4.69) is 20.5 Å². The minimum Gasteiger partial charge on any atom is -0.411 e. The van der Waals surface area contributed by atoms with Crippen LogP contribution in [0.1, 0.15) is 6.92 Å². The summed E-state index contributed by atoms with van der Waals surface area (Å²) in [6, 6.07) is 13.4. The number of hydrogen-bond donors (Lipinski definition) is 2. The molecule has 0 aliphatic carbocycles. The fourth-order valence-electron chi connectivity index (χ4n) is 2.60. The van der Waals surface area contributed by atoms with Crippen LogP contribution >= 0.6 is 11.8 Å². The Morgan fingerprint density at radius 2 is 1.96 bits per heavy atom. The highest BCUT2D eigenvalue weighted by molar-refractivity contribution is 8.00.